The molecule has 156 valence electrons. The van der Waals surface area contributed by atoms with E-state index in [1.807, 2.05) is 39.5 Å². The van der Waals surface area contributed by atoms with Crippen molar-refractivity contribution < 1.29 is 9.53 Å². The molecular formula is C21H35N5O2. The number of aromatic nitrogens is 2. The molecule has 28 heavy (non-hydrogen) atoms. The van der Waals surface area contributed by atoms with Crippen molar-refractivity contribution in [3.63, 3.8) is 0 Å². The Labute approximate surface area is 168 Å². The van der Waals surface area contributed by atoms with Crippen molar-refractivity contribution in [3.05, 3.63) is 29.6 Å². The van der Waals surface area contributed by atoms with Crippen LogP contribution in [0.25, 0.3) is 5.65 Å². The van der Waals surface area contributed by atoms with Crippen molar-refractivity contribution in [1.82, 2.24) is 19.2 Å². The zero-order chi connectivity index (χ0) is 20.7. The minimum absolute atomic E-state index is 0.0401. The number of rotatable bonds is 11. The molecule has 0 radical (unpaired) electrons. The fraction of sp³-hybridized carbons (Fsp3) is 0.619. The average Bonchev–Trinajstić information content (AvgIpc) is 3.05. The molecule has 0 atom stereocenters. The number of hydrogen-bond acceptors (Lipinski definition) is 5. The number of methoxy groups -OCH3 is 1. The van der Waals surface area contributed by atoms with Crippen LogP contribution in [0.3, 0.4) is 0 Å². The molecule has 2 rings (SSSR count). The second kappa shape index (κ2) is 10.4. The molecule has 7 nitrogen and oxygen atoms in total. The van der Waals surface area contributed by atoms with Gasteiger partial charge < -0.3 is 19.4 Å². The van der Waals surface area contributed by atoms with Crippen molar-refractivity contribution in [2.75, 3.05) is 65.9 Å². The molecule has 0 N–H and O–H groups in total. The number of anilines is 1. The van der Waals surface area contributed by atoms with Crippen molar-refractivity contribution >= 4 is 17.4 Å². The van der Waals surface area contributed by atoms with Gasteiger partial charge in [0.05, 0.1) is 17.9 Å². The van der Waals surface area contributed by atoms with E-state index in [1.54, 1.807) is 12.0 Å². The van der Waals surface area contributed by atoms with Gasteiger partial charge in [0.1, 0.15) is 11.5 Å². The Hall–Kier alpha value is -2.12. The molecule has 0 saturated heterocycles. The van der Waals surface area contributed by atoms with E-state index in [9.17, 15) is 4.79 Å². The molecule has 2 aromatic heterocycles. The Morgan fingerprint density at radius 3 is 2.50 bits per heavy atom. The molecule has 0 bridgehead atoms. The van der Waals surface area contributed by atoms with Gasteiger partial charge in [0.25, 0.3) is 5.91 Å². The van der Waals surface area contributed by atoms with Crippen molar-refractivity contribution in [2.45, 2.75) is 26.7 Å². The van der Waals surface area contributed by atoms with E-state index < -0.39 is 0 Å². The van der Waals surface area contributed by atoms with E-state index >= 15 is 0 Å². The molecule has 1 amide bonds. The third-order valence-corrected chi connectivity index (χ3v) is 4.94. The van der Waals surface area contributed by atoms with Gasteiger partial charge in [0.15, 0.2) is 0 Å². The summed E-state index contributed by atoms with van der Waals surface area (Å²) in [5.74, 6) is 1.10. The summed E-state index contributed by atoms with van der Waals surface area (Å²) in [5.41, 5.74) is 2.60. The van der Waals surface area contributed by atoms with E-state index in [0.717, 1.165) is 56.2 Å². The van der Waals surface area contributed by atoms with E-state index in [4.69, 9.17) is 9.72 Å². The predicted molar refractivity (Wildman–Crippen MR) is 114 cm³/mol. The lowest BCUT2D eigenvalue weighted by molar-refractivity contribution is 0.0790. The molecule has 2 heterocycles. The maximum Gasteiger partial charge on any atom is 0.255 e. The number of aryl methyl sites for hydroxylation is 1. The van der Waals surface area contributed by atoms with Gasteiger partial charge in [-0.15, -0.1) is 0 Å². The van der Waals surface area contributed by atoms with Gasteiger partial charge in [0, 0.05) is 40.0 Å². The van der Waals surface area contributed by atoms with Gasteiger partial charge in [0.2, 0.25) is 0 Å². The number of hydrogen-bond donors (Lipinski definition) is 0. The SMILES string of the molecule is CCc1nc2ccc(C(=O)N(C)CCCN(C)C)cn2c1N(CC)CCOC. The first-order chi connectivity index (χ1) is 13.4. The summed E-state index contributed by atoms with van der Waals surface area (Å²) in [6, 6.07) is 3.81. The average molecular weight is 390 g/mol. The Kier molecular flexibility index (Phi) is 8.26. The summed E-state index contributed by atoms with van der Waals surface area (Å²) in [6.07, 6.45) is 3.72. The van der Waals surface area contributed by atoms with Crippen molar-refractivity contribution in [3.8, 4) is 0 Å². The normalized spacial score (nSPS) is 11.4. The van der Waals surface area contributed by atoms with Crippen molar-refractivity contribution in [1.29, 1.82) is 0 Å². The van der Waals surface area contributed by atoms with Crippen LogP contribution in [-0.2, 0) is 11.2 Å². The molecule has 0 unspecified atom stereocenters. The fourth-order valence-electron chi connectivity index (χ4n) is 3.34. The van der Waals surface area contributed by atoms with Gasteiger partial charge in [-0.2, -0.15) is 0 Å². The van der Waals surface area contributed by atoms with Crippen molar-refractivity contribution in [2.24, 2.45) is 0 Å². The fourth-order valence-corrected chi connectivity index (χ4v) is 3.34. The van der Waals surface area contributed by atoms with Crippen LogP contribution >= 0.6 is 0 Å². The van der Waals surface area contributed by atoms with Crippen LogP contribution in [0, 0.1) is 0 Å². The number of amides is 1. The first-order valence-electron chi connectivity index (χ1n) is 10.1. The second-order valence-electron chi connectivity index (χ2n) is 7.34. The van der Waals surface area contributed by atoms with E-state index in [0.29, 0.717) is 12.2 Å². The van der Waals surface area contributed by atoms with Crippen LogP contribution in [0.5, 0.6) is 0 Å². The van der Waals surface area contributed by atoms with Gasteiger partial charge in [-0.25, -0.2) is 4.98 Å². The highest BCUT2D eigenvalue weighted by Gasteiger charge is 2.19. The highest BCUT2D eigenvalue weighted by Crippen LogP contribution is 2.24. The number of carbonyl (C=O) groups is 1. The number of pyridine rings is 1. The van der Waals surface area contributed by atoms with Crippen LogP contribution in [0.1, 0.15) is 36.3 Å². The van der Waals surface area contributed by atoms with Gasteiger partial charge in [-0.1, -0.05) is 6.92 Å². The lowest BCUT2D eigenvalue weighted by Crippen LogP contribution is -2.30. The van der Waals surface area contributed by atoms with E-state index in [2.05, 4.69) is 28.0 Å². The Balaban J connectivity index is 2.32. The van der Waals surface area contributed by atoms with Crippen LogP contribution < -0.4 is 4.90 Å². The lowest BCUT2D eigenvalue weighted by Gasteiger charge is -2.23. The molecule has 0 saturated carbocycles. The molecule has 0 aliphatic carbocycles. The first-order valence-corrected chi connectivity index (χ1v) is 10.1. The van der Waals surface area contributed by atoms with Crippen LogP contribution in [0.2, 0.25) is 0 Å². The molecule has 0 aromatic carbocycles. The molecule has 0 fully saturated rings. The van der Waals surface area contributed by atoms with Crippen LogP contribution in [-0.4, -0.2) is 86.1 Å². The summed E-state index contributed by atoms with van der Waals surface area (Å²) in [4.78, 5) is 23.9. The highest BCUT2D eigenvalue weighted by atomic mass is 16.5. The third kappa shape index (κ3) is 5.23. The quantitative estimate of drug-likeness (QED) is 0.591. The number of ether oxygens (including phenoxy) is 1. The summed E-state index contributed by atoms with van der Waals surface area (Å²) < 4.78 is 7.32. The summed E-state index contributed by atoms with van der Waals surface area (Å²) >= 11 is 0. The second-order valence-corrected chi connectivity index (χ2v) is 7.34. The largest absolute Gasteiger partial charge is 0.383 e. The highest BCUT2D eigenvalue weighted by molar-refractivity contribution is 5.94. The van der Waals surface area contributed by atoms with Crippen LogP contribution in [0.4, 0.5) is 5.82 Å². The summed E-state index contributed by atoms with van der Waals surface area (Å²) in [7, 11) is 7.67. The van der Waals surface area contributed by atoms with Gasteiger partial charge >= 0.3 is 0 Å². The molecule has 0 aliphatic heterocycles. The smallest absolute Gasteiger partial charge is 0.255 e. The monoisotopic (exact) mass is 389 g/mol. The molecular weight excluding hydrogens is 354 g/mol. The number of imidazole rings is 1. The molecule has 0 spiro atoms. The minimum Gasteiger partial charge on any atom is -0.383 e. The topological polar surface area (TPSA) is 53.3 Å². The molecule has 2 aromatic rings. The number of fused-ring (bicyclic) bond motifs is 1. The zero-order valence-corrected chi connectivity index (χ0v) is 18.2. The molecule has 0 aliphatic rings. The predicted octanol–water partition coefficient (Wildman–Crippen LogP) is 2.39. The lowest BCUT2D eigenvalue weighted by atomic mass is 10.2. The maximum absolute atomic E-state index is 12.9. The Bertz CT molecular complexity index is 771. The summed E-state index contributed by atoms with van der Waals surface area (Å²) in [6.45, 7) is 8.23. The minimum atomic E-state index is 0.0401. The van der Waals surface area contributed by atoms with Gasteiger partial charge in [-0.05, 0) is 52.5 Å². The number of likely N-dealkylation sites (N-methyl/N-ethyl adjacent to an activating group) is 1. The zero-order valence-electron chi connectivity index (χ0n) is 18.2. The maximum atomic E-state index is 12.9. The van der Waals surface area contributed by atoms with E-state index in [-0.39, 0.29) is 5.91 Å². The Morgan fingerprint density at radius 2 is 1.89 bits per heavy atom. The van der Waals surface area contributed by atoms with E-state index in [1.165, 1.54) is 0 Å². The Morgan fingerprint density at radius 1 is 1.14 bits per heavy atom. The first kappa shape index (κ1) is 22.2. The number of carbonyl (C=O) groups excluding carboxylic acids is 1. The van der Waals surface area contributed by atoms with Crippen LogP contribution in [0.15, 0.2) is 18.3 Å². The third-order valence-electron chi connectivity index (χ3n) is 4.94. The van der Waals surface area contributed by atoms with Gasteiger partial charge in [-0.3, -0.25) is 9.20 Å². The summed E-state index contributed by atoms with van der Waals surface area (Å²) in [5, 5.41) is 0. The number of nitrogens with zero attached hydrogens (tertiary/aromatic N) is 5. The molecule has 7 heteroatoms. The standard InChI is InChI=1S/C21H35N5O2/c1-7-18-20(25(8-2)14-15-28-6)26-16-17(10-11-19(26)22-18)21(27)24(5)13-9-12-23(3)4/h10-11,16H,7-9,12-15H2,1-6H3.